The molecule has 1 aliphatic heterocycles. The van der Waals surface area contributed by atoms with Gasteiger partial charge in [-0.2, -0.15) is 0 Å². The van der Waals surface area contributed by atoms with Gasteiger partial charge in [-0.15, -0.1) is 0 Å². The Kier molecular flexibility index (Phi) is 7.57. The number of carbonyl (C=O) groups excluding carboxylic acids is 2. The van der Waals surface area contributed by atoms with Gasteiger partial charge in [0.2, 0.25) is 0 Å². The van der Waals surface area contributed by atoms with Crippen LogP contribution in [0.4, 0.5) is 4.39 Å². The first kappa shape index (κ1) is 22.0. The number of hydrogen-bond donors (Lipinski definition) is 1. The predicted octanol–water partition coefficient (Wildman–Crippen LogP) is 3.70. The van der Waals surface area contributed by atoms with Gasteiger partial charge in [-0.1, -0.05) is 26.0 Å². The predicted molar refractivity (Wildman–Crippen MR) is 116 cm³/mol. The van der Waals surface area contributed by atoms with E-state index >= 15 is 0 Å². The molecular weight excluding hydrogens is 381 g/mol. The molecule has 0 radical (unpaired) electrons. The van der Waals surface area contributed by atoms with E-state index in [-0.39, 0.29) is 23.7 Å². The minimum atomic E-state index is -0.362. The van der Waals surface area contributed by atoms with Crippen LogP contribution in [0.15, 0.2) is 48.5 Å². The molecule has 6 heteroatoms. The van der Waals surface area contributed by atoms with Crippen molar-refractivity contribution in [3.63, 3.8) is 0 Å². The average Bonchev–Trinajstić information content (AvgIpc) is 2.78. The molecular formula is C24H30FN3O2. The monoisotopic (exact) mass is 411 g/mol. The number of carbonyl (C=O) groups is 2. The molecule has 1 heterocycles. The lowest BCUT2D eigenvalue weighted by molar-refractivity contribution is 0.0698. The maximum Gasteiger partial charge on any atom is 0.253 e. The number of nitrogens with zero attached hydrogens (tertiary/aromatic N) is 2. The van der Waals surface area contributed by atoms with Gasteiger partial charge >= 0.3 is 0 Å². The molecule has 2 amide bonds. The molecule has 30 heavy (non-hydrogen) atoms. The molecule has 1 N–H and O–H groups in total. The minimum Gasteiger partial charge on any atom is -0.349 e. The summed E-state index contributed by atoms with van der Waals surface area (Å²) < 4.78 is 13.0. The van der Waals surface area contributed by atoms with Gasteiger partial charge in [0.05, 0.1) is 0 Å². The highest BCUT2D eigenvalue weighted by Gasteiger charge is 2.25. The molecule has 0 atom stereocenters. The van der Waals surface area contributed by atoms with Crippen molar-refractivity contribution in [2.24, 2.45) is 0 Å². The number of piperidine rings is 1. The number of rotatable bonds is 7. The fraction of sp³-hybridized carbons (Fsp3) is 0.417. The van der Waals surface area contributed by atoms with E-state index in [1.54, 1.807) is 0 Å². The van der Waals surface area contributed by atoms with Gasteiger partial charge in [0.25, 0.3) is 11.8 Å². The quantitative estimate of drug-likeness (QED) is 0.756. The highest BCUT2D eigenvalue weighted by Crippen LogP contribution is 2.16. The van der Waals surface area contributed by atoms with Crippen LogP contribution in [-0.4, -0.2) is 53.8 Å². The first-order valence-corrected chi connectivity index (χ1v) is 10.7. The summed E-state index contributed by atoms with van der Waals surface area (Å²) in [5.41, 5.74) is 2.35. The summed E-state index contributed by atoms with van der Waals surface area (Å²) in [5.74, 6) is -0.532. The summed E-state index contributed by atoms with van der Waals surface area (Å²) in [7, 11) is 0. The smallest absolute Gasteiger partial charge is 0.253 e. The second-order valence-corrected chi connectivity index (χ2v) is 7.71. The van der Waals surface area contributed by atoms with Crippen LogP contribution in [0.5, 0.6) is 0 Å². The van der Waals surface area contributed by atoms with E-state index in [9.17, 15) is 14.0 Å². The molecule has 0 saturated carbocycles. The Morgan fingerprint density at radius 2 is 1.53 bits per heavy atom. The van der Waals surface area contributed by atoms with Crippen molar-refractivity contribution in [1.82, 2.24) is 15.1 Å². The van der Waals surface area contributed by atoms with Crippen LogP contribution in [0.1, 0.15) is 53.0 Å². The number of hydrogen-bond acceptors (Lipinski definition) is 3. The third kappa shape index (κ3) is 5.66. The van der Waals surface area contributed by atoms with Crippen molar-refractivity contribution >= 4 is 11.8 Å². The van der Waals surface area contributed by atoms with Crippen molar-refractivity contribution < 1.29 is 14.0 Å². The average molecular weight is 412 g/mol. The number of benzene rings is 2. The lowest BCUT2D eigenvalue weighted by atomic mass is 10.0. The Bertz CT molecular complexity index is 840. The highest BCUT2D eigenvalue weighted by molar-refractivity contribution is 5.95. The summed E-state index contributed by atoms with van der Waals surface area (Å²) in [5, 5.41) is 2.99. The van der Waals surface area contributed by atoms with E-state index in [2.05, 4.69) is 24.1 Å². The first-order valence-electron chi connectivity index (χ1n) is 10.7. The molecule has 0 unspecified atom stereocenters. The van der Waals surface area contributed by atoms with Gasteiger partial charge in [-0.25, -0.2) is 4.39 Å². The van der Waals surface area contributed by atoms with E-state index in [0.717, 1.165) is 19.6 Å². The minimum absolute atomic E-state index is 0.0167. The Hall–Kier alpha value is -2.73. The van der Waals surface area contributed by atoms with Gasteiger partial charge in [0.15, 0.2) is 0 Å². The number of amides is 2. The van der Waals surface area contributed by atoms with Crippen LogP contribution >= 0.6 is 0 Å². The van der Waals surface area contributed by atoms with Gasteiger partial charge < -0.3 is 10.2 Å². The van der Waals surface area contributed by atoms with Gasteiger partial charge in [-0.05, 0) is 67.9 Å². The molecule has 1 aliphatic rings. The first-order chi connectivity index (χ1) is 14.5. The summed E-state index contributed by atoms with van der Waals surface area (Å²) in [6.45, 7) is 8.40. The molecule has 0 spiro atoms. The SMILES string of the molecule is CCN(CC)Cc1ccc(C(=O)N2CCC(NC(=O)c3ccc(F)cc3)CC2)cc1. The third-order valence-electron chi connectivity index (χ3n) is 5.73. The van der Waals surface area contributed by atoms with Crippen LogP contribution < -0.4 is 5.32 Å². The van der Waals surface area contributed by atoms with Crippen molar-refractivity contribution in [3.05, 3.63) is 71.0 Å². The van der Waals surface area contributed by atoms with Crippen LogP contribution in [-0.2, 0) is 6.54 Å². The number of nitrogens with one attached hydrogen (secondary N) is 1. The second-order valence-electron chi connectivity index (χ2n) is 7.71. The van der Waals surface area contributed by atoms with E-state index in [1.165, 1.54) is 29.8 Å². The van der Waals surface area contributed by atoms with Gasteiger partial charge in [0.1, 0.15) is 5.82 Å². The van der Waals surface area contributed by atoms with E-state index in [4.69, 9.17) is 0 Å². The molecule has 1 saturated heterocycles. The molecule has 160 valence electrons. The van der Waals surface area contributed by atoms with Crippen molar-refractivity contribution in [2.75, 3.05) is 26.2 Å². The van der Waals surface area contributed by atoms with E-state index in [1.807, 2.05) is 29.2 Å². The molecule has 2 aromatic carbocycles. The molecule has 0 aromatic heterocycles. The number of likely N-dealkylation sites (tertiary alicyclic amines) is 1. The van der Waals surface area contributed by atoms with E-state index in [0.29, 0.717) is 37.1 Å². The Labute approximate surface area is 177 Å². The third-order valence-corrected chi connectivity index (χ3v) is 5.73. The standard InChI is InChI=1S/C24H30FN3O2/c1-3-27(4-2)17-18-5-7-20(8-6-18)24(30)28-15-13-22(14-16-28)26-23(29)19-9-11-21(25)12-10-19/h5-12,22H,3-4,13-17H2,1-2H3,(H,26,29). The molecule has 0 bridgehead atoms. The largest absolute Gasteiger partial charge is 0.349 e. The molecule has 3 rings (SSSR count). The summed E-state index contributed by atoms with van der Waals surface area (Å²) >= 11 is 0. The fourth-order valence-electron chi connectivity index (χ4n) is 3.74. The molecule has 5 nitrogen and oxygen atoms in total. The maximum absolute atomic E-state index is 13.0. The van der Waals surface area contributed by atoms with Gasteiger partial charge in [0, 0.05) is 36.8 Å². The van der Waals surface area contributed by atoms with Crippen LogP contribution in [0.25, 0.3) is 0 Å². The lowest BCUT2D eigenvalue weighted by Gasteiger charge is -2.32. The Balaban J connectivity index is 1.50. The fourth-order valence-corrected chi connectivity index (χ4v) is 3.74. The van der Waals surface area contributed by atoms with Crippen molar-refractivity contribution in [3.8, 4) is 0 Å². The molecule has 2 aromatic rings. The zero-order chi connectivity index (χ0) is 21.5. The van der Waals surface area contributed by atoms with Crippen LogP contribution in [0.3, 0.4) is 0 Å². The normalized spacial score (nSPS) is 14.7. The lowest BCUT2D eigenvalue weighted by Crippen LogP contribution is -2.46. The Morgan fingerprint density at radius 1 is 0.967 bits per heavy atom. The zero-order valence-electron chi connectivity index (χ0n) is 17.7. The van der Waals surface area contributed by atoms with Crippen molar-refractivity contribution in [1.29, 1.82) is 0 Å². The highest BCUT2D eigenvalue weighted by atomic mass is 19.1. The van der Waals surface area contributed by atoms with E-state index < -0.39 is 0 Å². The second kappa shape index (κ2) is 10.3. The maximum atomic E-state index is 13.0. The number of halogens is 1. The molecule has 1 fully saturated rings. The molecule has 0 aliphatic carbocycles. The summed E-state index contributed by atoms with van der Waals surface area (Å²) in [6, 6.07) is 13.4. The zero-order valence-corrected chi connectivity index (χ0v) is 17.7. The summed E-state index contributed by atoms with van der Waals surface area (Å²) in [4.78, 5) is 29.3. The topological polar surface area (TPSA) is 52.7 Å². The van der Waals surface area contributed by atoms with Crippen LogP contribution in [0.2, 0.25) is 0 Å². The van der Waals surface area contributed by atoms with Crippen LogP contribution in [0, 0.1) is 5.82 Å². The Morgan fingerprint density at radius 3 is 2.10 bits per heavy atom. The summed E-state index contributed by atoms with van der Waals surface area (Å²) in [6.07, 6.45) is 1.41. The van der Waals surface area contributed by atoms with Crippen molar-refractivity contribution in [2.45, 2.75) is 39.3 Å². The van der Waals surface area contributed by atoms with Gasteiger partial charge in [-0.3, -0.25) is 14.5 Å².